The zero-order valence-electron chi connectivity index (χ0n) is 24.0. The lowest BCUT2D eigenvalue weighted by molar-refractivity contribution is -0.132. The van der Waals surface area contributed by atoms with Gasteiger partial charge in [-0.2, -0.15) is 0 Å². The molecule has 226 valence electrons. The average molecular weight is 632 g/mol. The maximum atomic E-state index is 13.7. The smallest absolute Gasteiger partial charge is 0.301 e. The molecule has 6 rings (SSSR count). The second kappa shape index (κ2) is 13.0. The summed E-state index contributed by atoms with van der Waals surface area (Å²) in [6.07, 6.45) is 0. The van der Waals surface area contributed by atoms with Crippen LogP contribution in [0.25, 0.3) is 5.76 Å². The fraction of sp³-hybridized carbons (Fsp3) is 0.250. The molecule has 0 aliphatic carbocycles. The van der Waals surface area contributed by atoms with Crippen LogP contribution in [0.2, 0.25) is 0 Å². The molecule has 12 heteroatoms. The Morgan fingerprint density at radius 2 is 1.70 bits per heavy atom. The van der Waals surface area contributed by atoms with E-state index in [4.69, 9.17) is 18.9 Å². The summed E-state index contributed by atoms with van der Waals surface area (Å²) < 4.78 is 23.5. The third-order valence-electron chi connectivity index (χ3n) is 6.95. The van der Waals surface area contributed by atoms with E-state index in [0.717, 1.165) is 5.56 Å². The van der Waals surface area contributed by atoms with Gasteiger partial charge in [-0.15, -0.1) is 10.2 Å². The number of hydrogen-bond acceptors (Lipinski definition) is 11. The molecule has 3 aromatic carbocycles. The lowest BCUT2D eigenvalue weighted by Gasteiger charge is -2.24. The molecular weight excluding hydrogens is 603 g/mol. The fourth-order valence-corrected chi connectivity index (χ4v) is 6.83. The maximum Gasteiger partial charge on any atom is 0.301 e. The van der Waals surface area contributed by atoms with Crippen molar-refractivity contribution in [3.8, 4) is 23.0 Å². The van der Waals surface area contributed by atoms with Crippen molar-refractivity contribution in [2.45, 2.75) is 30.0 Å². The van der Waals surface area contributed by atoms with E-state index in [-0.39, 0.29) is 16.5 Å². The Hall–Kier alpha value is -4.55. The van der Waals surface area contributed by atoms with Crippen LogP contribution in [-0.4, -0.2) is 53.4 Å². The summed E-state index contributed by atoms with van der Waals surface area (Å²) >= 11 is 2.69. The van der Waals surface area contributed by atoms with Crippen molar-refractivity contribution >= 4 is 45.7 Å². The number of rotatable bonds is 10. The largest absolute Gasteiger partial charge is 0.507 e. The SMILES string of the molecule is CCOc1ccc([C@H]2C(=C(O)c3ccc4c(c3)OCCO4)C(=O)C(=O)N2c2nnc(SCc3ccccc3)s2)cc1OCC. The van der Waals surface area contributed by atoms with E-state index in [1.54, 1.807) is 36.4 Å². The highest BCUT2D eigenvalue weighted by Gasteiger charge is 2.48. The number of carbonyl (C=O) groups is 2. The quantitative estimate of drug-likeness (QED) is 0.0731. The molecule has 1 fully saturated rings. The van der Waals surface area contributed by atoms with Crippen LogP contribution in [0.4, 0.5) is 5.13 Å². The van der Waals surface area contributed by atoms with Gasteiger partial charge in [-0.1, -0.05) is 59.5 Å². The zero-order chi connectivity index (χ0) is 30.6. The van der Waals surface area contributed by atoms with Crippen LogP contribution >= 0.6 is 23.1 Å². The third kappa shape index (κ3) is 5.82. The van der Waals surface area contributed by atoms with Gasteiger partial charge in [-0.25, -0.2) is 0 Å². The molecule has 0 bridgehead atoms. The minimum Gasteiger partial charge on any atom is -0.507 e. The predicted molar refractivity (Wildman–Crippen MR) is 167 cm³/mol. The number of thioether (sulfide) groups is 1. The molecular formula is C32H29N3O7S2. The van der Waals surface area contributed by atoms with Gasteiger partial charge >= 0.3 is 5.91 Å². The maximum absolute atomic E-state index is 13.7. The lowest BCUT2D eigenvalue weighted by atomic mass is 9.95. The number of carbonyl (C=O) groups excluding carboxylic acids is 2. The van der Waals surface area contributed by atoms with Crippen molar-refractivity contribution < 1.29 is 33.6 Å². The van der Waals surface area contributed by atoms with Crippen LogP contribution in [0.3, 0.4) is 0 Å². The Morgan fingerprint density at radius 3 is 2.48 bits per heavy atom. The van der Waals surface area contributed by atoms with E-state index < -0.39 is 17.7 Å². The van der Waals surface area contributed by atoms with Crippen LogP contribution in [0.1, 0.15) is 36.6 Å². The summed E-state index contributed by atoms with van der Waals surface area (Å²) in [5, 5.41) is 20.5. The number of anilines is 1. The van der Waals surface area contributed by atoms with E-state index >= 15 is 0 Å². The summed E-state index contributed by atoms with van der Waals surface area (Å²) in [5.41, 5.74) is 1.87. The molecule has 0 spiro atoms. The van der Waals surface area contributed by atoms with Gasteiger partial charge in [-0.05, 0) is 55.3 Å². The molecule has 0 saturated carbocycles. The van der Waals surface area contributed by atoms with Crippen LogP contribution in [0.15, 0.2) is 76.6 Å². The van der Waals surface area contributed by atoms with Crippen LogP contribution < -0.4 is 23.8 Å². The minimum atomic E-state index is -1.02. The molecule has 10 nitrogen and oxygen atoms in total. The first-order valence-corrected chi connectivity index (χ1v) is 15.9. The number of Topliss-reactive ketones (excluding diaryl/α,β-unsaturated/α-hetero) is 1. The lowest BCUT2D eigenvalue weighted by Crippen LogP contribution is -2.29. The Kier molecular flexibility index (Phi) is 8.71. The van der Waals surface area contributed by atoms with Crippen molar-refractivity contribution in [3.63, 3.8) is 0 Å². The summed E-state index contributed by atoms with van der Waals surface area (Å²) in [7, 11) is 0. The van der Waals surface area contributed by atoms with E-state index in [9.17, 15) is 14.7 Å². The number of fused-ring (bicyclic) bond motifs is 1. The number of aliphatic hydroxyl groups is 1. The normalized spacial score (nSPS) is 17.1. The molecule has 2 aliphatic heterocycles. The van der Waals surface area contributed by atoms with Gasteiger partial charge in [0, 0.05) is 11.3 Å². The highest BCUT2D eigenvalue weighted by molar-refractivity contribution is 8.00. The molecule has 44 heavy (non-hydrogen) atoms. The van der Waals surface area contributed by atoms with Crippen molar-refractivity contribution in [2.24, 2.45) is 0 Å². The van der Waals surface area contributed by atoms with Gasteiger partial charge in [0.15, 0.2) is 27.3 Å². The van der Waals surface area contributed by atoms with E-state index in [0.29, 0.717) is 70.6 Å². The molecule has 3 heterocycles. The first-order valence-electron chi connectivity index (χ1n) is 14.1. The van der Waals surface area contributed by atoms with Gasteiger partial charge < -0.3 is 24.1 Å². The topological polar surface area (TPSA) is 120 Å². The number of ketones is 1. The third-order valence-corrected chi connectivity index (χ3v) is 9.08. The number of aromatic nitrogens is 2. The number of ether oxygens (including phenoxy) is 4. The van der Waals surface area contributed by atoms with E-state index in [1.165, 1.54) is 28.0 Å². The van der Waals surface area contributed by atoms with E-state index in [1.807, 2.05) is 44.2 Å². The standard InChI is InChI=1S/C32H29N3O7S2/c1-3-39-22-12-10-20(16-24(22)40-4-2)27-26(28(36)21-11-13-23-25(17-21)42-15-14-41-23)29(37)30(38)35(27)31-33-34-32(44-31)43-18-19-8-6-5-7-9-19/h5-13,16-17,27,36H,3-4,14-15,18H2,1-2H3/t27-/m0/s1. The molecule has 1 N–H and O–H groups in total. The summed E-state index contributed by atoms with van der Waals surface area (Å²) in [6.45, 7) is 5.29. The van der Waals surface area contributed by atoms with Gasteiger partial charge in [-0.3, -0.25) is 14.5 Å². The number of hydrogen-bond donors (Lipinski definition) is 1. The average Bonchev–Trinajstić information content (AvgIpc) is 3.62. The first-order chi connectivity index (χ1) is 21.5. The number of amides is 1. The summed E-state index contributed by atoms with van der Waals surface area (Å²) in [4.78, 5) is 28.7. The summed E-state index contributed by atoms with van der Waals surface area (Å²) in [6, 6.07) is 19.0. The highest BCUT2D eigenvalue weighted by Crippen LogP contribution is 2.46. The molecule has 1 saturated heterocycles. The Bertz CT molecular complexity index is 1720. The Balaban J connectivity index is 1.44. The first kappa shape index (κ1) is 29.5. The highest BCUT2D eigenvalue weighted by atomic mass is 32.2. The molecule has 1 aromatic heterocycles. The number of aliphatic hydroxyl groups excluding tert-OH is 1. The van der Waals surface area contributed by atoms with Crippen molar-refractivity contribution in [3.05, 3.63) is 89.0 Å². The van der Waals surface area contributed by atoms with Crippen molar-refractivity contribution in [1.29, 1.82) is 0 Å². The second-order valence-electron chi connectivity index (χ2n) is 9.72. The predicted octanol–water partition coefficient (Wildman–Crippen LogP) is 6.03. The van der Waals surface area contributed by atoms with Crippen molar-refractivity contribution in [2.75, 3.05) is 31.3 Å². The van der Waals surface area contributed by atoms with Gasteiger partial charge in [0.2, 0.25) is 5.13 Å². The molecule has 1 atom stereocenters. The van der Waals surface area contributed by atoms with Gasteiger partial charge in [0.05, 0.1) is 24.8 Å². The number of nitrogens with zero attached hydrogens (tertiary/aromatic N) is 3. The van der Waals surface area contributed by atoms with Gasteiger partial charge in [0.1, 0.15) is 19.0 Å². The second-order valence-corrected chi connectivity index (χ2v) is 11.9. The van der Waals surface area contributed by atoms with Crippen LogP contribution in [-0.2, 0) is 15.3 Å². The number of benzene rings is 3. The molecule has 0 radical (unpaired) electrons. The Morgan fingerprint density at radius 1 is 0.955 bits per heavy atom. The summed E-state index contributed by atoms with van der Waals surface area (Å²) in [5.74, 6) is 0.605. The molecule has 0 unspecified atom stereocenters. The van der Waals surface area contributed by atoms with E-state index in [2.05, 4.69) is 10.2 Å². The van der Waals surface area contributed by atoms with Crippen LogP contribution in [0, 0.1) is 0 Å². The monoisotopic (exact) mass is 631 g/mol. The molecule has 4 aromatic rings. The fourth-order valence-electron chi connectivity index (χ4n) is 5.01. The zero-order valence-corrected chi connectivity index (χ0v) is 25.7. The molecule has 1 amide bonds. The van der Waals surface area contributed by atoms with Crippen LogP contribution in [0.5, 0.6) is 23.0 Å². The Labute approximate surface area is 262 Å². The minimum absolute atomic E-state index is 0.0908. The van der Waals surface area contributed by atoms with Gasteiger partial charge in [0.25, 0.3) is 5.78 Å². The van der Waals surface area contributed by atoms with Crippen molar-refractivity contribution in [1.82, 2.24) is 10.2 Å². The molecule has 2 aliphatic rings.